The van der Waals surface area contributed by atoms with Crippen molar-refractivity contribution in [2.45, 2.75) is 19.9 Å². The number of carbonyl (C=O) groups is 2. The first kappa shape index (κ1) is 20.5. The number of fused-ring (bicyclic) bond motifs is 1. The van der Waals surface area contributed by atoms with Gasteiger partial charge in [0.1, 0.15) is 11.5 Å². The standard InChI is InChI=1S/C24H24N2O5/c1-2-29-20-7-9-21(10-8-20)31-16-23(27)25-19-6-5-17-11-12-26(15-18(17)14-19)24(28)22-4-3-13-30-22/h3-10,13-14H,2,11-12,15-16H2,1H3,(H,25,27). The van der Waals surface area contributed by atoms with Gasteiger partial charge >= 0.3 is 0 Å². The van der Waals surface area contributed by atoms with Crippen molar-refractivity contribution in [3.05, 3.63) is 77.7 Å². The zero-order chi connectivity index (χ0) is 21.6. The van der Waals surface area contributed by atoms with E-state index in [1.807, 2.05) is 25.1 Å². The molecule has 7 nitrogen and oxygen atoms in total. The van der Waals surface area contributed by atoms with Gasteiger partial charge in [-0.05, 0) is 73.0 Å². The maximum atomic E-state index is 12.5. The van der Waals surface area contributed by atoms with Gasteiger partial charge in [0.15, 0.2) is 12.4 Å². The fourth-order valence-electron chi connectivity index (χ4n) is 3.51. The predicted octanol–water partition coefficient (Wildman–Crippen LogP) is 3.89. The van der Waals surface area contributed by atoms with E-state index in [1.54, 1.807) is 41.3 Å². The van der Waals surface area contributed by atoms with E-state index in [1.165, 1.54) is 11.8 Å². The molecule has 2 aromatic carbocycles. The largest absolute Gasteiger partial charge is 0.494 e. The molecule has 31 heavy (non-hydrogen) atoms. The van der Waals surface area contributed by atoms with Gasteiger partial charge < -0.3 is 24.1 Å². The van der Waals surface area contributed by atoms with Crippen LogP contribution in [0.5, 0.6) is 11.5 Å². The van der Waals surface area contributed by atoms with Crippen LogP contribution in [0.15, 0.2) is 65.3 Å². The molecule has 0 saturated heterocycles. The number of hydrogen-bond acceptors (Lipinski definition) is 5. The first-order valence-corrected chi connectivity index (χ1v) is 10.2. The van der Waals surface area contributed by atoms with Crippen LogP contribution in [0.2, 0.25) is 0 Å². The Morgan fingerprint density at radius 2 is 1.81 bits per heavy atom. The average Bonchev–Trinajstić information content (AvgIpc) is 3.33. The molecule has 0 spiro atoms. The Morgan fingerprint density at radius 1 is 1.03 bits per heavy atom. The van der Waals surface area contributed by atoms with Crippen LogP contribution in [-0.2, 0) is 17.8 Å². The number of benzene rings is 2. The Hall–Kier alpha value is -3.74. The van der Waals surface area contributed by atoms with Crippen LogP contribution in [0, 0.1) is 0 Å². The van der Waals surface area contributed by atoms with E-state index < -0.39 is 0 Å². The monoisotopic (exact) mass is 420 g/mol. The number of carbonyl (C=O) groups excluding carboxylic acids is 2. The first-order chi connectivity index (χ1) is 15.1. The van der Waals surface area contributed by atoms with Gasteiger partial charge in [0.2, 0.25) is 0 Å². The molecular formula is C24H24N2O5. The summed E-state index contributed by atoms with van der Waals surface area (Å²) in [5, 5.41) is 2.85. The second-order valence-electron chi connectivity index (χ2n) is 7.18. The fourth-order valence-corrected chi connectivity index (χ4v) is 3.51. The highest BCUT2D eigenvalue weighted by Crippen LogP contribution is 2.24. The van der Waals surface area contributed by atoms with Crippen LogP contribution in [-0.4, -0.2) is 36.5 Å². The highest BCUT2D eigenvalue weighted by Gasteiger charge is 2.23. The third-order valence-corrected chi connectivity index (χ3v) is 5.03. The number of amides is 2. The second kappa shape index (κ2) is 9.38. The molecule has 1 aromatic heterocycles. The predicted molar refractivity (Wildman–Crippen MR) is 115 cm³/mol. The molecule has 0 radical (unpaired) electrons. The average molecular weight is 420 g/mol. The molecule has 2 amide bonds. The van der Waals surface area contributed by atoms with Gasteiger partial charge in [-0.15, -0.1) is 0 Å². The summed E-state index contributed by atoms with van der Waals surface area (Å²) in [5.41, 5.74) is 2.86. The molecule has 0 atom stereocenters. The number of furan rings is 1. The van der Waals surface area contributed by atoms with Gasteiger partial charge in [0.05, 0.1) is 12.9 Å². The van der Waals surface area contributed by atoms with Crippen molar-refractivity contribution in [2.75, 3.05) is 25.1 Å². The summed E-state index contributed by atoms with van der Waals surface area (Å²) in [6.07, 6.45) is 2.25. The molecule has 1 N–H and O–H groups in total. The molecule has 160 valence electrons. The van der Waals surface area contributed by atoms with Crippen molar-refractivity contribution in [3.8, 4) is 11.5 Å². The van der Waals surface area contributed by atoms with Crippen LogP contribution in [0.4, 0.5) is 5.69 Å². The maximum Gasteiger partial charge on any atom is 0.289 e. The molecular weight excluding hydrogens is 396 g/mol. The molecule has 1 aliphatic heterocycles. The van der Waals surface area contributed by atoms with E-state index in [-0.39, 0.29) is 18.4 Å². The summed E-state index contributed by atoms with van der Waals surface area (Å²) in [6.45, 7) is 3.52. The molecule has 0 aliphatic carbocycles. The summed E-state index contributed by atoms with van der Waals surface area (Å²) in [5.74, 6) is 1.30. The molecule has 0 unspecified atom stereocenters. The quantitative estimate of drug-likeness (QED) is 0.627. The summed E-state index contributed by atoms with van der Waals surface area (Å²) in [6, 6.07) is 16.3. The number of hydrogen-bond donors (Lipinski definition) is 1. The molecule has 0 bridgehead atoms. The van der Waals surface area contributed by atoms with E-state index in [4.69, 9.17) is 13.9 Å². The topological polar surface area (TPSA) is 81.0 Å². The molecule has 2 heterocycles. The van der Waals surface area contributed by atoms with Gasteiger partial charge in [0, 0.05) is 18.8 Å². The lowest BCUT2D eigenvalue weighted by Crippen LogP contribution is -2.35. The number of rotatable bonds is 7. The Labute approximate surface area is 180 Å². The summed E-state index contributed by atoms with van der Waals surface area (Å²) in [4.78, 5) is 26.6. The minimum atomic E-state index is -0.256. The van der Waals surface area contributed by atoms with E-state index in [0.29, 0.717) is 36.9 Å². The zero-order valence-corrected chi connectivity index (χ0v) is 17.3. The number of anilines is 1. The smallest absolute Gasteiger partial charge is 0.289 e. The van der Waals surface area contributed by atoms with E-state index in [0.717, 1.165) is 17.7 Å². The van der Waals surface area contributed by atoms with Gasteiger partial charge in [-0.1, -0.05) is 6.07 Å². The van der Waals surface area contributed by atoms with Crippen LogP contribution in [0.3, 0.4) is 0 Å². The summed E-state index contributed by atoms with van der Waals surface area (Å²) >= 11 is 0. The number of nitrogens with zero attached hydrogens (tertiary/aromatic N) is 1. The fraction of sp³-hybridized carbons (Fsp3) is 0.250. The highest BCUT2D eigenvalue weighted by molar-refractivity contribution is 5.92. The normalized spacial score (nSPS) is 12.7. The lowest BCUT2D eigenvalue weighted by molar-refractivity contribution is -0.118. The van der Waals surface area contributed by atoms with Crippen molar-refractivity contribution in [1.82, 2.24) is 4.90 Å². The number of ether oxygens (including phenoxy) is 2. The molecule has 3 aromatic rings. The minimum absolute atomic E-state index is 0.103. The maximum absolute atomic E-state index is 12.5. The Bertz CT molecular complexity index is 1040. The van der Waals surface area contributed by atoms with Gasteiger partial charge in [-0.2, -0.15) is 0 Å². The summed E-state index contributed by atoms with van der Waals surface area (Å²) in [7, 11) is 0. The van der Waals surface area contributed by atoms with Crippen molar-refractivity contribution in [2.24, 2.45) is 0 Å². The molecule has 1 aliphatic rings. The zero-order valence-electron chi connectivity index (χ0n) is 17.3. The lowest BCUT2D eigenvalue weighted by atomic mass is 9.99. The van der Waals surface area contributed by atoms with Gasteiger partial charge in [0.25, 0.3) is 11.8 Å². The lowest BCUT2D eigenvalue weighted by Gasteiger charge is -2.28. The first-order valence-electron chi connectivity index (χ1n) is 10.2. The third-order valence-electron chi connectivity index (χ3n) is 5.03. The van der Waals surface area contributed by atoms with Gasteiger partial charge in [-0.3, -0.25) is 9.59 Å². The van der Waals surface area contributed by atoms with E-state index in [9.17, 15) is 9.59 Å². The molecule has 4 rings (SSSR count). The van der Waals surface area contributed by atoms with Crippen LogP contribution in [0.25, 0.3) is 0 Å². The second-order valence-corrected chi connectivity index (χ2v) is 7.18. The molecule has 0 saturated carbocycles. The van der Waals surface area contributed by atoms with Crippen LogP contribution < -0.4 is 14.8 Å². The van der Waals surface area contributed by atoms with Crippen molar-refractivity contribution in [1.29, 1.82) is 0 Å². The third kappa shape index (κ3) is 5.06. The van der Waals surface area contributed by atoms with Crippen molar-refractivity contribution >= 4 is 17.5 Å². The van der Waals surface area contributed by atoms with Crippen LogP contribution >= 0.6 is 0 Å². The number of nitrogens with one attached hydrogen (secondary N) is 1. The molecule has 7 heteroatoms. The highest BCUT2D eigenvalue weighted by atomic mass is 16.5. The van der Waals surface area contributed by atoms with E-state index in [2.05, 4.69) is 5.32 Å². The summed E-state index contributed by atoms with van der Waals surface area (Å²) < 4.78 is 16.2. The Morgan fingerprint density at radius 3 is 2.52 bits per heavy atom. The van der Waals surface area contributed by atoms with Crippen LogP contribution in [0.1, 0.15) is 28.6 Å². The minimum Gasteiger partial charge on any atom is -0.494 e. The Kier molecular flexibility index (Phi) is 6.21. The van der Waals surface area contributed by atoms with E-state index >= 15 is 0 Å². The van der Waals surface area contributed by atoms with Crippen molar-refractivity contribution < 1.29 is 23.5 Å². The molecule has 0 fully saturated rings. The van der Waals surface area contributed by atoms with Gasteiger partial charge in [-0.25, -0.2) is 0 Å². The van der Waals surface area contributed by atoms with Crippen molar-refractivity contribution in [3.63, 3.8) is 0 Å². The SMILES string of the molecule is CCOc1ccc(OCC(=O)Nc2ccc3c(c2)CN(C(=O)c2ccco2)CC3)cc1. The Balaban J connectivity index is 1.34.